The molecule has 20 heavy (non-hydrogen) atoms. The standard InChI is InChI=1S/C16H26N4/c1-17-11-13-7-9-20(10-8-13)16-14-5-3-2-4-6-15(14)18-12-19-16/h12-13,17H,2-11H2,1H3. The first-order valence-electron chi connectivity index (χ1n) is 8.11. The Morgan fingerprint density at radius 2 is 1.95 bits per heavy atom. The molecule has 0 saturated carbocycles. The van der Waals surface area contributed by atoms with Crippen LogP contribution in [-0.4, -0.2) is 36.6 Å². The maximum atomic E-state index is 4.63. The molecule has 1 N–H and O–H groups in total. The number of hydrogen-bond acceptors (Lipinski definition) is 4. The topological polar surface area (TPSA) is 41.0 Å². The molecule has 4 heteroatoms. The fourth-order valence-electron chi connectivity index (χ4n) is 3.59. The Labute approximate surface area is 122 Å². The van der Waals surface area contributed by atoms with E-state index in [1.807, 2.05) is 0 Å². The third-order valence-corrected chi connectivity index (χ3v) is 4.76. The van der Waals surface area contributed by atoms with Crippen LogP contribution in [0.5, 0.6) is 0 Å². The minimum absolute atomic E-state index is 0.830. The number of aryl methyl sites for hydroxylation is 1. The number of hydrogen-bond donors (Lipinski definition) is 1. The second-order valence-electron chi connectivity index (χ2n) is 6.17. The van der Waals surface area contributed by atoms with Crippen LogP contribution in [0.4, 0.5) is 5.82 Å². The van der Waals surface area contributed by atoms with Crippen molar-refractivity contribution in [3.05, 3.63) is 17.6 Å². The Bertz CT molecular complexity index is 438. The van der Waals surface area contributed by atoms with Crippen LogP contribution in [0, 0.1) is 5.92 Å². The van der Waals surface area contributed by atoms with E-state index in [-0.39, 0.29) is 0 Å². The number of nitrogens with zero attached hydrogens (tertiary/aromatic N) is 3. The predicted molar refractivity (Wildman–Crippen MR) is 82.2 cm³/mol. The van der Waals surface area contributed by atoms with Gasteiger partial charge >= 0.3 is 0 Å². The summed E-state index contributed by atoms with van der Waals surface area (Å²) in [4.78, 5) is 11.7. The Balaban J connectivity index is 1.74. The summed E-state index contributed by atoms with van der Waals surface area (Å²) in [7, 11) is 2.05. The average molecular weight is 274 g/mol. The highest BCUT2D eigenvalue weighted by molar-refractivity contribution is 5.49. The predicted octanol–water partition coefficient (Wildman–Crippen LogP) is 2.18. The molecule has 110 valence electrons. The zero-order chi connectivity index (χ0) is 13.8. The van der Waals surface area contributed by atoms with Crippen molar-refractivity contribution in [1.82, 2.24) is 15.3 Å². The lowest BCUT2D eigenvalue weighted by atomic mass is 9.96. The maximum Gasteiger partial charge on any atom is 0.135 e. The first-order chi connectivity index (χ1) is 9.88. The molecule has 4 nitrogen and oxygen atoms in total. The lowest BCUT2D eigenvalue weighted by molar-refractivity contribution is 0.391. The van der Waals surface area contributed by atoms with Crippen molar-refractivity contribution in [3.63, 3.8) is 0 Å². The van der Waals surface area contributed by atoms with E-state index in [1.165, 1.54) is 55.6 Å². The van der Waals surface area contributed by atoms with Crippen LogP contribution in [0.3, 0.4) is 0 Å². The van der Waals surface area contributed by atoms with Gasteiger partial charge in [-0.3, -0.25) is 0 Å². The van der Waals surface area contributed by atoms with Gasteiger partial charge in [0.15, 0.2) is 0 Å². The molecule has 1 aliphatic heterocycles. The van der Waals surface area contributed by atoms with E-state index in [0.717, 1.165) is 32.0 Å². The fourth-order valence-corrected chi connectivity index (χ4v) is 3.59. The molecule has 1 fully saturated rings. The molecule has 0 radical (unpaired) electrons. The lowest BCUT2D eigenvalue weighted by Crippen LogP contribution is -2.37. The van der Waals surface area contributed by atoms with Gasteiger partial charge in [-0.25, -0.2) is 9.97 Å². The summed E-state index contributed by atoms with van der Waals surface area (Å²) in [6.45, 7) is 3.45. The van der Waals surface area contributed by atoms with Crippen molar-refractivity contribution in [2.45, 2.75) is 44.9 Å². The third-order valence-electron chi connectivity index (χ3n) is 4.76. The minimum Gasteiger partial charge on any atom is -0.356 e. The molecule has 0 atom stereocenters. The van der Waals surface area contributed by atoms with Crippen LogP contribution in [0.15, 0.2) is 6.33 Å². The van der Waals surface area contributed by atoms with Crippen LogP contribution >= 0.6 is 0 Å². The number of aromatic nitrogens is 2. The van der Waals surface area contributed by atoms with Crippen molar-refractivity contribution in [3.8, 4) is 0 Å². The molecule has 0 spiro atoms. The first-order valence-corrected chi connectivity index (χ1v) is 8.11. The highest BCUT2D eigenvalue weighted by Gasteiger charge is 2.23. The highest BCUT2D eigenvalue weighted by atomic mass is 15.2. The van der Waals surface area contributed by atoms with Gasteiger partial charge in [0.05, 0.1) is 0 Å². The molecule has 3 rings (SSSR count). The molecule has 0 aromatic carbocycles. The minimum atomic E-state index is 0.830. The Morgan fingerprint density at radius 3 is 2.75 bits per heavy atom. The van der Waals surface area contributed by atoms with Gasteiger partial charge < -0.3 is 10.2 Å². The second-order valence-corrected chi connectivity index (χ2v) is 6.17. The van der Waals surface area contributed by atoms with E-state index >= 15 is 0 Å². The molecular formula is C16H26N4. The monoisotopic (exact) mass is 274 g/mol. The lowest BCUT2D eigenvalue weighted by Gasteiger charge is -2.34. The third kappa shape index (κ3) is 2.95. The number of anilines is 1. The molecule has 1 aliphatic carbocycles. The summed E-state index contributed by atoms with van der Waals surface area (Å²) < 4.78 is 0. The van der Waals surface area contributed by atoms with Crippen molar-refractivity contribution in [1.29, 1.82) is 0 Å². The largest absolute Gasteiger partial charge is 0.356 e. The maximum absolute atomic E-state index is 4.63. The van der Waals surface area contributed by atoms with E-state index in [2.05, 4.69) is 27.2 Å². The SMILES string of the molecule is CNCC1CCN(c2ncnc3c2CCCCC3)CC1. The van der Waals surface area contributed by atoms with E-state index < -0.39 is 0 Å². The zero-order valence-corrected chi connectivity index (χ0v) is 12.6. The van der Waals surface area contributed by atoms with E-state index in [1.54, 1.807) is 6.33 Å². The van der Waals surface area contributed by atoms with Crippen molar-refractivity contribution in [2.75, 3.05) is 31.6 Å². The molecular weight excluding hydrogens is 248 g/mol. The first kappa shape index (κ1) is 13.8. The van der Waals surface area contributed by atoms with E-state index in [9.17, 15) is 0 Å². The Morgan fingerprint density at radius 1 is 1.15 bits per heavy atom. The highest BCUT2D eigenvalue weighted by Crippen LogP contribution is 2.29. The molecule has 1 aromatic rings. The number of fused-ring (bicyclic) bond motifs is 1. The average Bonchev–Trinajstić information content (AvgIpc) is 2.73. The van der Waals surface area contributed by atoms with Gasteiger partial charge in [-0.2, -0.15) is 0 Å². The van der Waals surface area contributed by atoms with Gasteiger partial charge in [0, 0.05) is 24.3 Å². The van der Waals surface area contributed by atoms with Gasteiger partial charge in [-0.05, 0) is 58.0 Å². The Hall–Kier alpha value is -1.16. The van der Waals surface area contributed by atoms with Gasteiger partial charge in [-0.15, -0.1) is 0 Å². The van der Waals surface area contributed by atoms with Crippen LogP contribution < -0.4 is 10.2 Å². The molecule has 2 heterocycles. The second kappa shape index (κ2) is 6.53. The molecule has 2 aliphatic rings. The van der Waals surface area contributed by atoms with Crippen LogP contribution in [0.2, 0.25) is 0 Å². The molecule has 0 unspecified atom stereocenters. The summed E-state index contributed by atoms with van der Waals surface area (Å²) in [6, 6.07) is 0. The van der Waals surface area contributed by atoms with Crippen molar-refractivity contribution in [2.24, 2.45) is 5.92 Å². The Kier molecular flexibility index (Phi) is 4.51. The molecule has 0 bridgehead atoms. The summed E-state index contributed by atoms with van der Waals surface area (Å²) >= 11 is 0. The normalized spacial score (nSPS) is 20.6. The summed E-state index contributed by atoms with van der Waals surface area (Å²) in [5, 5.41) is 3.31. The van der Waals surface area contributed by atoms with Gasteiger partial charge in [0.2, 0.25) is 0 Å². The molecule has 1 saturated heterocycles. The van der Waals surface area contributed by atoms with E-state index in [0.29, 0.717) is 0 Å². The van der Waals surface area contributed by atoms with E-state index in [4.69, 9.17) is 0 Å². The number of rotatable bonds is 3. The summed E-state index contributed by atoms with van der Waals surface area (Å²) in [6.07, 6.45) is 10.6. The van der Waals surface area contributed by atoms with Gasteiger partial charge in [-0.1, -0.05) is 6.42 Å². The van der Waals surface area contributed by atoms with Crippen molar-refractivity contribution >= 4 is 5.82 Å². The summed E-state index contributed by atoms with van der Waals surface area (Å²) in [5.74, 6) is 2.07. The quantitative estimate of drug-likeness (QED) is 0.858. The molecule has 0 amide bonds. The van der Waals surface area contributed by atoms with Gasteiger partial charge in [0.1, 0.15) is 12.1 Å². The fraction of sp³-hybridized carbons (Fsp3) is 0.750. The van der Waals surface area contributed by atoms with Crippen molar-refractivity contribution < 1.29 is 0 Å². The number of piperidine rings is 1. The zero-order valence-electron chi connectivity index (χ0n) is 12.6. The smallest absolute Gasteiger partial charge is 0.135 e. The molecule has 1 aromatic heterocycles. The number of nitrogens with one attached hydrogen (secondary N) is 1. The van der Waals surface area contributed by atoms with Crippen LogP contribution in [0.25, 0.3) is 0 Å². The van der Waals surface area contributed by atoms with Crippen LogP contribution in [0.1, 0.15) is 43.4 Å². The van der Waals surface area contributed by atoms with Gasteiger partial charge in [0.25, 0.3) is 0 Å². The van der Waals surface area contributed by atoms with Crippen LogP contribution in [-0.2, 0) is 12.8 Å². The summed E-state index contributed by atoms with van der Waals surface area (Å²) in [5.41, 5.74) is 2.75.